The number of carbonyl (C=O) groups excluding carboxylic acids is 2. The zero-order valence-electron chi connectivity index (χ0n) is 15.8. The number of para-hydroxylation sites is 1. The van der Waals surface area contributed by atoms with Crippen LogP contribution in [0, 0.1) is 11.3 Å². The summed E-state index contributed by atoms with van der Waals surface area (Å²) < 4.78 is 0. The molecule has 0 aliphatic carbocycles. The molecule has 2 aromatic heterocycles. The summed E-state index contributed by atoms with van der Waals surface area (Å²) in [5.41, 5.74) is 1.32. The number of hydrogen-bond acceptors (Lipinski definition) is 5. The van der Waals surface area contributed by atoms with Crippen LogP contribution in [0.2, 0.25) is 0 Å². The van der Waals surface area contributed by atoms with Crippen molar-refractivity contribution in [2.24, 2.45) is 0 Å². The Morgan fingerprint density at radius 2 is 1.77 bits per heavy atom. The molecule has 4 aromatic rings. The molecule has 0 fully saturated rings. The molecule has 0 saturated carbocycles. The number of aromatic carboxylic acids is 1. The first kappa shape index (κ1) is 19.9. The minimum atomic E-state index is -1.26. The fraction of sp³-hybridized carbons (Fsp3) is 0. The number of aromatic amines is 1. The second-order valence-electron chi connectivity index (χ2n) is 6.52. The number of H-pyrrole nitrogens is 1. The molecule has 2 aromatic carbocycles. The number of nitrogens with one attached hydrogen (secondary N) is 3. The van der Waals surface area contributed by atoms with Gasteiger partial charge in [-0.3, -0.25) is 9.59 Å². The average Bonchev–Trinajstić information content (AvgIpc) is 3.44. The number of amides is 2. The molecule has 0 aliphatic heterocycles. The topological polar surface area (TPSA) is 135 Å². The summed E-state index contributed by atoms with van der Waals surface area (Å²) in [6.07, 6.45) is 0. The molecule has 8 nitrogen and oxygen atoms in total. The predicted octanol–water partition coefficient (Wildman–Crippen LogP) is 4.30. The van der Waals surface area contributed by atoms with Gasteiger partial charge in [0.05, 0.1) is 39.0 Å². The van der Waals surface area contributed by atoms with Crippen LogP contribution >= 0.6 is 11.3 Å². The molecule has 0 bridgehead atoms. The van der Waals surface area contributed by atoms with Gasteiger partial charge in [0, 0.05) is 5.39 Å². The lowest BCUT2D eigenvalue weighted by Gasteiger charge is -2.08. The van der Waals surface area contributed by atoms with Crippen molar-refractivity contribution in [1.82, 2.24) is 4.98 Å². The molecule has 0 radical (unpaired) electrons. The lowest BCUT2D eigenvalue weighted by atomic mass is 10.1. The lowest BCUT2D eigenvalue weighted by Crippen LogP contribution is -2.15. The minimum Gasteiger partial charge on any atom is -0.478 e. The molecule has 2 heterocycles. The Labute approximate surface area is 179 Å². The van der Waals surface area contributed by atoms with Crippen molar-refractivity contribution in [1.29, 1.82) is 5.26 Å². The predicted molar refractivity (Wildman–Crippen MR) is 117 cm³/mol. The first-order chi connectivity index (χ1) is 15.0. The number of carboxylic acid groups (broad SMARTS) is 1. The first-order valence-corrected chi connectivity index (χ1v) is 9.89. The highest BCUT2D eigenvalue weighted by Gasteiger charge is 2.17. The van der Waals surface area contributed by atoms with Crippen LogP contribution in [-0.2, 0) is 0 Å². The molecule has 0 unspecified atom stereocenters. The third-order valence-corrected chi connectivity index (χ3v) is 5.39. The number of benzene rings is 2. The van der Waals surface area contributed by atoms with E-state index in [4.69, 9.17) is 5.26 Å². The maximum absolute atomic E-state index is 12.7. The SMILES string of the molecule is N#Cc1ccc(NC(=O)c2cc3cccc(NC(=O)c4cccs4)c3[nH]2)c(C(=O)O)c1. The largest absolute Gasteiger partial charge is 0.478 e. The van der Waals surface area contributed by atoms with Crippen molar-refractivity contribution in [3.05, 3.63) is 81.7 Å². The van der Waals surface area contributed by atoms with Gasteiger partial charge in [-0.1, -0.05) is 18.2 Å². The summed E-state index contributed by atoms with van der Waals surface area (Å²) in [7, 11) is 0. The molecule has 4 rings (SSSR count). The summed E-state index contributed by atoms with van der Waals surface area (Å²) in [6.45, 7) is 0. The molecule has 152 valence electrons. The molecule has 0 atom stereocenters. The molecule has 0 aliphatic rings. The Morgan fingerprint density at radius 3 is 2.48 bits per heavy atom. The number of hydrogen-bond donors (Lipinski definition) is 4. The van der Waals surface area contributed by atoms with Gasteiger partial charge in [-0.05, 0) is 41.8 Å². The van der Waals surface area contributed by atoms with E-state index in [0.29, 0.717) is 21.5 Å². The molecule has 0 saturated heterocycles. The van der Waals surface area contributed by atoms with E-state index in [1.165, 1.54) is 29.5 Å². The second kappa shape index (κ2) is 8.14. The maximum atomic E-state index is 12.7. The average molecular weight is 430 g/mol. The fourth-order valence-electron chi connectivity index (χ4n) is 3.06. The van der Waals surface area contributed by atoms with Gasteiger partial charge in [0.2, 0.25) is 0 Å². The van der Waals surface area contributed by atoms with Gasteiger partial charge in [-0.2, -0.15) is 5.26 Å². The number of aromatic nitrogens is 1. The third kappa shape index (κ3) is 4.01. The molecule has 4 N–H and O–H groups in total. The van der Waals surface area contributed by atoms with E-state index >= 15 is 0 Å². The summed E-state index contributed by atoms with van der Waals surface area (Å²) >= 11 is 1.32. The van der Waals surface area contributed by atoms with Gasteiger partial charge >= 0.3 is 5.97 Å². The number of carboxylic acids is 1. The van der Waals surface area contributed by atoms with Crippen LogP contribution in [-0.4, -0.2) is 27.9 Å². The van der Waals surface area contributed by atoms with Crippen molar-refractivity contribution in [3.63, 3.8) is 0 Å². The summed E-state index contributed by atoms with van der Waals surface area (Å²) in [5.74, 6) is -2.08. The third-order valence-electron chi connectivity index (χ3n) is 4.52. The number of nitrogens with zero attached hydrogens (tertiary/aromatic N) is 1. The highest BCUT2D eigenvalue weighted by molar-refractivity contribution is 7.12. The number of thiophene rings is 1. The van der Waals surface area contributed by atoms with E-state index in [1.54, 1.807) is 41.8 Å². The van der Waals surface area contributed by atoms with Crippen LogP contribution < -0.4 is 10.6 Å². The fourth-order valence-corrected chi connectivity index (χ4v) is 3.68. The van der Waals surface area contributed by atoms with Crippen LogP contribution in [0.25, 0.3) is 10.9 Å². The zero-order valence-corrected chi connectivity index (χ0v) is 16.6. The van der Waals surface area contributed by atoms with Gasteiger partial charge in [0.1, 0.15) is 5.69 Å². The van der Waals surface area contributed by atoms with Crippen LogP contribution in [0.4, 0.5) is 11.4 Å². The van der Waals surface area contributed by atoms with E-state index in [9.17, 15) is 19.5 Å². The Hall–Kier alpha value is -4.42. The Kier molecular flexibility index (Phi) is 5.22. The molecule has 0 spiro atoms. The van der Waals surface area contributed by atoms with Crippen molar-refractivity contribution in [2.75, 3.05) is 10.6 Å². The summed E-state index contributed by atoms with van der Waals surface area (Å²) in [6, 6.07) is 16.2. The van der Waals surface area contributed by atoms with Gasteiger partial charge in [0.15, 0.2) is 0 Å². The summed E-state index contributed by atoms with van der Waals surface area (Å²) in [4.78, 5) is 40.2. The standard InChI is InChI=1S/C22H14N4O4S/c23-11-12-6-7-15(14(9-12)22(29)30)25-20(27)17-10-13-3-1-4-16(19(13)24-17)26-21(28)18-5-2-8-31-18/h1-10,24H,(H,25,27)(H,26,28)(H,29,30). The van der Waals surface area contributed by atoms with Crippen LogP contribution in [0.15, 0.2) is 60.0 Å². The lowest BCUT2D eigenvalue weighted by molar-refractivity contribution is 0.0697. The quantitative estimate of drug-likeness (QED) is 0.374. The molecular weight excluding hydrogens is 416 g/mol. The van der Waals surface area contributed by atoms with E-state index in [1.807, 2.05) is 6.07 Å². The van der Waals surface area contributed by atoms with Crippen LogP contribution in [0.5, 0.6) is 0 Å². The highest BCUT2D eigenvalue weighted by Crippen LogP contribution is 2.26. The zero-order chi connectivity index (χ0) is 22.0. The Balaban J connectivity index is 1.62. The van der Waals surface area contributed by atoms with E-state index in [-0.39, 0.29) is 28.4 Å². The van der Waals surface area contributed by atoms with Gasteiger partial charge in [0.25, 0.3) is 11.8 Å². The first-order valence-electron chi connectivity index (χ1n) is 9.01. The number of nitriles is 1. The van der Waals surface area contributed by atoms with Crippen molar-refractivity contribution >= 4 is 51.4 Å². The number of fused-ring (bicyclic) bond motifs is 1. The van der Waals surface area contributed by atoms with Gasteiger partial charge < -0.3 is 20.7 Å². The smallest absolute Gasteiger partial charge is 0.337 e. The second-order valence-corrected chi connectivity index (χ2v) is 7.46. The van der Waals surface area contributed by atoms with E-state index < -0.39 is 11.9 Å². The monoisotopic (exact) mass is 430 g/mol. The molecular formula is C22H14N4O4S. The highest BCUT2D eigenvalue weighted by atomic mass is 32.1. The molecule has 2 amide bonds. The number of rotatable bonds is 5. The number of anilines is 2. The van der Waals surface area contributed by atoms with Gasteiger partial charge in [-0.15, -0.1) is 11.3 Å². The minimum absolute atomic E-state index is 0.0707. The van der Waals surface area contributed by atoms with Gasteiger partial charge in [-0.25, -0.2) is 4.79 Å². The van der Waals surface area contributed by atoms with E-state index in [0.717, 1.165) is 0 Å². The Morgan fingerprint density at radius 1 is 0.968 bits per heavy atom. The Bertz CT molecular complexity index is 1370. The van der Waals surface area contributed by atoms with Crippen molar-refractivity contribution in [2.45, 2.75) is 0 Å². The van der Waals surface area contributed by atoms with Crippen LogP contribution in [0.1, 0.15) is 36.1 Å². The molecule has 31 heavy (non-hydrogen) atoms. The van der Waals surface area contributed by atoms with Crippen molar-refractivity contribution in [3.8, 4) is 6.07 Å². The van der Waals surface area contributed by atoms with Crippen molar-refractivity contribution < 1.29 is 19.5 Å². The van der Waals surface area contributed by atoms with E-state index in [2.05, 4.69) is 15.6 Å². The summed E-state index contributed by atoms with van der Waals surface area (Å²) in [5, 5.41) is 26.2. The molecule has 9 heteroatoms. The number of carbonyl (C=O) groups is 3. The van der Waals surface area contributed by atoms with Crippen LogP contribution in [0.3, 0.4) is 0 Å². The maximum Gasteiger partial charge on any atom is 0.337 e. The normalized spacial score (nSPS) is 10.4.